The van der Waals surface area contributed by atoms with Crippen molar-refractivity contribution in [3.8, 4) is 16.9 Å². The van der Waals surface area contributed by atoms with Gasteiger partial charge in [-0.15, -0.1) is 0 Å². The highest BCUT2D eigenvalue weighted by atomic mass is 16.7. The summed E-state index contributed by atoms with van der Waals surface area (Å²) < 4.78 is 5.88. The molecular formula is C33H48N5O7-. The number of rotatable bonds is 11. The van der Waals surface area contributed by atoms with Gasteiger partial charge in [-0.3, -0.25) is 20.4 Å². The van der Waals surface area contributed by atoms with Crippen LogP contribution in [0.5, 0.6) is 5.75 Å². The summed E-state index contributed by atoms with van der Waals surface area (Å²) in [4.78, 5) is 19.3. The van der Waals surface area contributed by atoms with Crippen molar-refractivity contribution in [2.24, 2.45) is 29.1 Å². The molecule has 0 aromatic heterocycles. The van der Waals surface area contributed by atoms with E-state index in [0.717, 1.165) is 24.4 Å². The second-order valence-corrected chi connectivity index (χ2v) is 14.0. The molecule has 0 spiro atoms. The summed E-state index contributed by atoms with van der Waals surface area (Å²) in [6, 6.07) is 10.4. The minimum absolute atomic E-state index is 0.00317. The minimum atomic E-state index is -0.936. The zero-order valence-corrected chi connectivity index (χ0v) is 27.3. The Kier molecular flexibility index (Phi) is 9.77. The summed E-state index contributed by atoms with van der Waals surface area (Å²) >= 11 is 0. The predicted octanol–water partition coefficient (Wildman–Crippen LogP) is 4.53. The maximum atomic E-state index is 14.1. The standard InChI is InChI=1S/C33H48N5O7/c1-19-27-12-11-21(16-33(27,3)4)30(19)34-37(41)32-29(20(2)40)28(18-39)45-36(32)17-22-9-8-10-26(31(22)44-7)23-13-24(35(5)6)15-25(14-23)38(42)43/h8-10,13-15,19-21,27-30,32,34,39-40H,11-12,16-18H2,1-7H3/q-1/t19-,20-,21?,27-,28-,29-,30+,32+/m0/s1. The maximum absolute atomic E-state index is 14.1. The molecule has 1 heterocycles. The molecule has 2 aromatic rings. The van der Waals surface area contributed by atoms with Crippen LogP contribution in [0.4, 0.5) is 11.4 Å². The Hall–Kier alpha value is -2.84. The quantitative estimate of drug-likeness (QED) is 0.239. The summed E-state index contributed by atoms with van der Waals surface area (Å²) in [6.45, 7) is 8.22. The number of nitro groups is 1. The summed E-state index contributed by atoms with van der Waals surface area (Å²) in [5.74, 6) is 0.968. The number of fused-ring (bicyclic) bond motifs is 3. The predicted molar refractivity (Wildman–Crippen MR) is 172 cm³/mol. The molecule has 4 fully saturated rings. The smallest absolute Gasteiger partial charge is 0.272 e. The summed E-state index contributed by atoms with van der Waals surface area (Å²) in [6.07, 6.45) is 0.626. The van der Waals surface area contributed by atoms with Gasteiger partial charge < -0.3 is 30.2 Å². The lowest BCUT2D eigenvalue weighted by atomic mass is 9.52. The second-order valence-electron chi connectivity index (χ2n) is 14.0. The molecule has 45 heavy (non-hydrogen) atoms. The maximum Gasteiger partial charge on any atom is 0.272 e. The van der Waals surface area contributed by atoms with E-state index >= 15 is 0 Å². The third-order valence-corrected chi connectivity index (χ3v) is 10.5. The van der Waals surface area contributed by atoms with Crippen LogP contribution in [-0.2, 0) is 11.4 Å². The number of aliphatic hydroxyl groups excluding tert-OH is 2. The first-order valence-electron chi connectivity index (χ1n) is 15.8. The van der Waals surface area contributed by atoms with Gasteiger partial charge in [-0.1, -0.05) is 39.0 Å². The summed E-state index contributed by atoms with van der Waals surface area (Å²) in [5.41, 5.74) is 6.08. The number of aliphatic hydroxyl groups is 2. The average molecular weight is 627 g/mol. The highest BCUT2D eigenvalue weighted by molar-refractivity contribution is 5.77. The van der Waals surface area contributed by atoms with E-state index in [4.69, 9.17) is 9.57 Å². The van der Waals surface area contributed by atoms with Crippen LogP contribution in [0.3, 0.4) is 0 Å². The largest absolute Gasteiger partial charge is 0.770 e. The molecule has 12 heteroatoms. The Balaban J connectivity index is 1.47. The van der Waals surface area contributed by atoms with Crippen molar-refractivity contribution < 1.29 is 24.7 Å². The van der Waals surface area contributed by atoms with Gasteiger partial charge in [-0.25, -0.2) is 0 Å². The third kappa shape index (κ3) is 6.42. The summed E-state index contributed by atoms with van der Waals surface area (Å²) in [5, 5.41) is 49.3. The Bertz CT molecular complexity index is 1370. The van der Waals surface area contributed by atoms with Gasteiger partial charge in [0.05, 0.1) is 37.5 Å². The van der Waals surface area contributed by atoms with E-state index in [2.05, 4.69) is 26.2 Å². The molecule has 3 N–H and O–H groups in total. The molecule has 4 aliphatic rings. The van der Waals surface area contributed by atoms with E-state index in [-0.39, 0.29) is 30.3 Å². The minimum Gasteiger partial charge on any atom is -0.770 e. The van der Waals surface area contributed by atoms with Crippen LogP contribution >= 0.6 is 0 Å². The number of ether oxygens (including phenoxy) is 1. The first-order valence-corrected chi connectivity index (χ1v) is 15.8. The number of non-ortho nitro benzene ring substituents is 1. The Morgan fingerprint density at radius 2 is 1.98 bits per heavy atom. The average Bonchev–Trinajstić information content (AvgIpc) is 3.36. The molecule has 248 valence electrons. The fraction of sp³-hybridized carbons (Fsp3) is 0.636. The van der Waals surface area contributed by atoms with Gasteiger partial charge in [-0.2, -0.15) is 5.06 Å². The van der Waals surface area contributed by atoms with Crippen molar-refractivity contribution in [1.29, 1.82) is 0 Å². The van der Waals surface area contributed by atoms with Gasteiger partial charge in [0.25, 0.3) is 5.69 Å². The molecule has 0 amide bonds. The topological polar surface area (TPSA) is 147 Å². The van der Waals surface area contributed by atoms with Crippen molar-refractivity contribution >= 4 is 11.4 Å². The van der Waals surface area contributed by atoms with Crippen molar-refractivity contribution in [2.45, 2.75) is 77.9 Å². The van der Waals surface area contributed by atoms with Crippen molar-refractivity contribution in [2.75, 3.05) is 32.7 Å². The molecule has 1 aliphatic heterocycles. The van der Waals surface area contributed by atoms with E-state index < -0.39 is 29.2 Å². The van der Waals surface area contributed by atoms with Gasteiger partial charge in [0.15, 0.2) is 0 Å². The summed E-state index contributed by atoms with van der Waals surface area (Å²) in [7, 11) is 5.17. The molecular weight excluding hydrogens is 578 g/mol. The number of hydrogen-bond donors (Lipinski definition) is 3. The number of anilines is 1. The number of hydrogen-bond acceptors (Lipinski definition) is 11. The Labute approximate surface area is 265 Å². The Morgan fingerprint density at radius 3 is 2.56 bits per heavy atom. The molecule has 3 aliphatic carbocycles. The first kappa shape index (κ1) is 33.5. The van der Waals surface area contributed by atoms with E-state index in [0.29, 0.717) is 45.9 Å². The van der Waals surface area contributed by atoms with Crippen LogP contribution in [-0.4, -0.2) is 77.6 Å². The van der Waals surface area contributed by atoms with E-state index in [1.54, 1.807) is 11.8 Å². The molecule has 2 aromatic carbocycles. The molecule has 1 unspecified atom stereocenters. The van der Waals surface area contributed by atoms with Crippen LogP contribution < -0.4 is 15.1 Å². The van der Waals surface area contributed by atoms with Crippen LogP contribution in [0, 0.1) is 44.4 Å². The number of nitrogens with one attached hydrogen (secondary N) is 1. The van der Waals surface area contributed by atoms with Crippen LogP contribution in [0.25, 0.3) is 11.1 Å². The van der Waals surface area contributed by atoms with Gasteiger partial charge in [-0.05, 0) is 61.0 Å². The fourth-order valence-electron chi connectivity index (χ4n) is 8.39. The van der Waals surface area contributed by atoms with Crippen molar-refractivity contribution in [3.63, 3.8) is 0 Å². The highest BCUT2D eigenvalue weighted by Crippen LogP contribution is 2.55. The normalized spacial score (nSPS) is 30.1. The highest BCUT2D eigenvalue weighted by Gasteiger charge is 2.52. The fourth-order valence-corrected chi connectivity index (χ4v) is 8.39. The molecule has 3 saturated carbocycles. The van der Waals surface area contributed by atoms with E-state index in [1.165, 1.54) is 24.3 Å². The molecule has 2 bridgehead atoms. The number of methoxy groups -OCH3 is 1. The van der Waals surface area contributed by atoms with Crippen LogP contribution in [0.2, 0.25) is 0 Å². The first-order chi connectivity index (χ1) is 21.3. The van der Waals surface area contributed by atoms with E-state index in [9.17, 15) is 25.5 Å². The van der Waals surface area contributed by atoms with Gasteiger partial charge in [0.2, 0.25) is 0 Å². The molecule has 8 atom stereocenters. The molecule has 6 rings (SSSR count). The number of hydrazine groups is 1. The lowest BCUT2D eigenvalue weighted by Gasteiger charge is -2.58. The lowest BCUT2D eigenvalue weighted by Crippen LogP contribution is -2.63. The number of hydroxylamine groups is 3. The monoisotopic (exact) mass is 626 g/mol. The SMILES string of the molecule is COc1c(CN2O[C@@H](CO)[C@H]([C@H](C)O)[C@H]2N([O-])N[C@H]2C3CC[C@@H]([C@@H]2C)C(C)(C)C3)cccc1-c1cc(N(C)C)cc([N+](=O)[O-])c1. The molecule has 0 radical (unpaired) electrons. The molecule has 1 saturated heterocycles. The van der Waals surface area contributed by atoms with Gasteiger partial charge >= 0.3 is 0 Å². The zero-order valence-electron chi connectivity index (χ0n) is 27.3. The van der Waals surface area contributed by atoms with Crippen molar-refractivity contribution in [1.82, 2.24) is 15.7 Å². The number of nitrogens with zero attached hydrogens (tertiary/aromatic N) is 4. The van der Waals surface area contributed by atoms with Gasteiger partial charge in [0.1, 0.15) is 11.9 Å². The number of benzene rings is 2. The second kappa shape index (κ2) is 13.1. The van der Waals surface area contributed by atoms with Crippen LogP contribution in [0.1, 0.15) is 52.5 Å². The molecule has 12 nitrogen and oxygen atoms in total. The number of para-hydroxylation sites is 1. The van der Waals surface area contributed by atoms with Gasteiger partial charge in [0, 0.05) is 55.0 Å². The van der Waals surface area contributed by atoms with Crippen molar-refractivity contribution in [3.05, 3.63) is 57.3 Å². The van der Waals surface area contributed by atoms with Crippen LogP contribution in [0.15, 0.2) is 36.4 Å². The zero-order chi connectivity index (χ0) is 32.8. The lowest BCUT2D eigenvalue weighted by molar-refractivity contribution is -0.384. The third-order valence-electron chi connectivity index (χ3n) is 10.5. The Morgan fingerprint density at radius 1 is 1.24 bits per heavy atom. The van der Waals surface area contributed by atoms with E-state index in [1.807, 2.05) is 38.4 Å². The number of nitro benzene ring substituents is 1.